The summed E-state index contributed by atoms with van der Waals surface area (Å²) in [5.74, 6) is 0.684. The van der Waals surface area contributed by atoms with Crippen LogP contribution >= 0.6 is 11.6 Å². The normalized spacial score (nSPS) is 13.9. The molecule has 0 saturated heterocycles. The molecule has 1 aromatic rings. The average molecular weight is 294 g/mol. The fraction of sp³-hybridized carbons (Fsp3) is 0.818. The third kappa shape index (κ3) is 3.03. The van der Waals surface area contributed by atoms with Crippen molar-refractivity contribution in [3.63, 3.8) is 0 Å². The van der Waals surface area contributed by atoms with Gasteiger partial charge in [-0.05, 0) is 25.4 Å². The quantitative estimate of drug-likeness (QED) is 0.855. The standard InChI is InChI=1S/C11H20ClN3O2S/c1-10(2,3)8-13-14-9(12)15(8)7-11(4,5)18(6,16)17/h7H2,1-6H3. The van der Waals surface area contributed by atoms with E-state index in [1.54, 1.807) is 18.4 Å². The van der Waals surface area contributed by atoms with E-state index in [0.717, 1.165) is 0 Å². The third-order valence-corrected chi connectivity index (χ3v) is 5.34. The molecule has 0 aliphatic carbocycles. The van der Waals surface area contributed by atoms with Gasteiger partial charge in [0.25, 0.3) is 0 Å². The van der Waals surface area contributed by atoms with Crippen LogP contribution in [0.2, 0.25) is 5.28 Å². The molecule has 0 N–H and O–H groups in total. The van der Waals surface area contributed by atoms with Crippen LogP contribution in [-0.4, -0.2) is 34.2 Å². The molecule has 1 aromatic heterocycles. The number of aromatic nitrogens is 3. The van der Waals surface area contributed by atoms with Crippen molar-refractivity contribution in [2.24, 2.45) is 0 Å². The van der Waals surface area contributed by atoms with E-state index in [9.17, 15) is 8.42 Å². The minimum absolute atomic E-state index is 0.219. The lowest BCUT2D eigenvalue weighted by Crippen LogP contribution is -2.37. The zero-order valence-corrected chi connectivity index (χ0v) is 13.2. The predicted molar refractivity (Wildman–Crippen MR) is 72.7 cm³/mol. The van der Waals surface area contributed by atoms with Crippen LogP contribution in [0.1, 0.15) is 40.4 Å². The Bertz CT molecular complexity index is 541. The van der Waals surface area contributed by atoms with Gasteiger partial charge in [-0.25, -0.2) is 8.42 Å². The van der Waals surface area contributed by atoms with E-state index in [0.29, 0.717) is 5.82 Å². The van der Waals surface area contributed by atoms with E-state index in [1.165, 1.54) is 6.26 Å². The molecule has 0 aliphatic heterocycles. The van der Waals surface area contributed by atoms with E-state index in [1.807, 2.05) is 20.8 Å². The maximum Gasteiger partial charge on any atom is 0.225 e. The van der Waals surface area contributed by atoms with Crippen molar-refractivity contribution >= 4 is 21.4 Å². The molecule has 104 valence electrons. The van der Waals surface area contributed by atoms with Gasteiger partial charge in [0.15, 0.2) is 9.84 Å². The lowest BCUT2D eigenvalue weighted by Gasteiger charge is -2.26. The molecule has 0 unspecified atom stereocenters. The van der Waals surface area contributed by atoms with Crippen LogP contribution in [0, 0.1) is 0 Å². The number of nitrogens with zero attached hydrogens (tertiary/aromatic N) is 3. The Morgan fingerprint density at radius 2 is 1.67 bits per heavy atom. The fourth-order valence-corrected chi connectivity index (χ4v) is 2.02. The van der Waals surface area contributed by atoms with Crippen molar-refractivity contribution in [3.8, 4) is 0 Å². The highest BCUT2D eigenvalue weighted by molar-refractivity contribution is 7.92. The number of sulfone groups is 1. The monoisotopic (exact) mass is 293 g/mol. The maximum atomic E-state index is 11.8. The van der Waals surface area contributed by atoms with E-state index in [4.69, 9.17) is 11.6 Å². The zero-order valence-electron chi connectivity index (χ0n) is 11.7. The Hall–Kier alpha value is -0.620. The largest absolute Gasteiger partial charge is 0.300 e. The summed E-state index contributed by atoms with van der Waals surface area (Å²) in [4.78, 5) is 0. The smallest absolute Gasteiger partial charge is 0.225 e. The molecular formula is C11H20ClN3O2S. The molecule has 0 aromatic carbocycles. The Morgan fingerprint density at radius 1 is 1.17 bits per heavy atom. The number of hydrogen-bond donors (Lipinski definition) is 0. The second-order valence-corrected chi connectivity index (χ2v) is 9.15. The number of halogens is 1. The van der Waals surface area contributed by atoms with Gasteiger partial charge in [0.05, 0.1) is 4.75 Å². The minimum Gasteiger partial charge on any atom is -0.300 e. The van der Waals surface area contributed by atoms with Gasteiger partial charge in [-0.1, -0.05) is 20.8 Å². The summed E-state index contributed by atoms with van der Waals surface area (Å²) in [7, 11) is -3.19. The lowest BCUT2D eigenvalue weighted by atomic mass is 9.95. The lowest BCUT2D eigenvalue weighted by molar-refractivity contribution is 0.452. The van der Waals surface area contributed by atoms with Crippen molar-refractivity contribution < 1.29 is 8.42 Å². The van der Waals surface area contributed by atoms with Gasteiger partial charge in [0.2, 0.25) is 5.28 Å². The fourth-order valence-electron chi connectivity index (χ4n) is 1.48. The van der Waals surface area contributed by atoms with E-state index >= 15 is 0 Å². The number of rotatable bonds is 3. The van der Waals surface area contributed by atoms with Gasteiger partial charge >= 0.3 is 0 Å². The van der Waals surface area contributed by atoms with Gasteiger partial charge < -0.3 is 0 Å². The van der Waals surface area contributed by atoms with Crippen molar-refractivity contribution in [2.45, 2.75) is 51.3 Å². The summed E-state index contributed by atoms with van der Waals surface area (Å²) in [5, 5.41) is 8.09. The summed E-state index contributed by atoms with van der Waals surface area (Å²) in [6.07, 6.45) is 1.22. The molecule has 7 heteroatoms. The molecule has 5 nitrogen and oxygen atoms in total. The zero-order chi connectivity index (χ0) is 14.4. The first-order valence-electron chi connectivity index (χ1n) is 5.65. The van der Waals surface area contributed by atoms with Crippen LogP contribution in [0.4, 0.5) is 0 Å². The summed E-state index contributed by atoms with van der Waals surface area (Å²) in [5.41, 5.74) is -0.242. The molecule has 1 rings (SSSR count). The molecule has 0 radical (unpaired) electrons. The predicted octanol–water partition coefficient (Wildman–Crippen LogP) is 2.05. The van der Waals surface area contributed by atoms with E-state index < -0.39 is 14.6 Å². The van der Waals surface area contributed by atoms with Gasteiger partial charge in [0.1, 0.15) is 5.82 Å². The summed E-state index contributed by atoms with van der Waals surface area (Å²) in [6, 6.07) is 0. The molecule has 0 aliphatic rings. The van der Waals surface area contributed by atoms with Crippen molar-refractivity contribution in [2.75, 3.05) is 6.26 Å². The molecule has 0 fully saturated rings. The molecular weight excluding hydrogens is 274 g/mol. The van der Waals surface area contributed by atoms with Crippen LogP contribution in [-0.2, 0) is 21.8 Å². The first kappa shape index (κ1) is 15.4. The average Bonchev–Trinajstić information content (AvgIpc) is 2.44. The maximum absolute atomic E-state index is 11.8. The molecule has 1 heterocycles. The summed E-state index contributed by atoms with van der Waals surface area (Å²) in [6.45, 7) is 9.53. The summed E-state index contributed by atoms with van der Waals surface area (Å²) < 4.78 is 24.3. The highest BCUT2D eigenvalue weighted by Crippen LogP contribution is 2.27. The SMILES string of the molecule is CC(C)(C)c1nnc(Cl)n1CC(C)(C)S(C)(=O)=O. The first-order valence-corrected chi connectivity index (χ1v) is 7.92. The highest BCUT2D eigenvalue weighted by atomic mass is 35.5. The minimum atomic E-state index is -3.19. The van der Waals surface area contributed by atoms with Gasteiger partial charge in [-0.3, -0.25) is 4.57 Å². The van der Waals surface area contributed by atoms with Gasteiger partial charge in [-0.2, -0.15) is 0 Å². The van der Waals surface area contributed by atoms with Crippen LogP contribution in [0.3, 0.4) is 0 Å². The van der Waals surface area contributed by atoms with Crippen molar-refractivity contribution in [1.82, 2.24) is 14.8 Å². The van der Waals surface area contributed by atoms with Gasteiger partial charge in [0, 0.05) is 18.2 Å². The Kier molecular flexibility index (Phi) is 3.85. The number of hydrogen-bond acceptors (Lipinski definition) is 4. The Balaban J connectivity index is 3.25. The first-order chi connectivity index (χ1) is 7.86. The van der Waals surface area contributed by atoms with Crippen LogP contribution < -0.4 is 0 Å². The van der Waals surface area contributed by atoms with Crippen molar-refractivity contribution in [1.29, 1.82) is 0 Å². The van der Waals surface area contributed by atoms with Crippen molar-refractivity contribution in [3.05, 3.63) is 11.1 Å². The second kappa shape index (κ2) is 4.49. The van der Waals surface area contributed by atoms with Gasteiger partial charge in [-0.15, -0.1) is 10.2 Å². The molecule has 0 saturated carbocycles. The Labute approximate surface area is 113 Å². The van der Waals surface area contributed by atoms with Crippen LogP contribution in [0.15, 0.2) is 0 Å². The molecule has 0 atom stereocenters. The van der Waals surface area contributed by atoms with E-state index in [2.05, 4.69) is 10.2 Å². The Morgan fingerprint density at radius 3 is 2.06 bits per heavy atom. The van der Waals surface area contributed by atoms with E-state index in [-0.39, 0.29) is 17.2 Å². The van der Waals surface area contributed by atoms with Crippen LogP contribution in [0.5, 0.6) is 0 Å². The second-order valence-electron chi connectivity index (χ2n) is 6.16. The molecule has 18 heavy (non-hydrogen) atoms. The highest BCUT2D eigenvalue weighted by Gasteiger charge is 2.34. The molecule has 0 amide bonds. The van der Waals surface area contributed by atoms with Crippen LogP contribution in [0.25, 0.3) is 0 Å². The topological polar surface area (TPSA) is 64.8 Å². The summed E-state index contributed by atoms with van der Waals surface area (Å²) >= 11 is 6.00. The molecule has 0 bridgehead atoms. The molecule has 0 spiro atoms. The third-order valence-electron chi connectivity index (χ3n) is 2.92.